The highest BCUT2D eigenvalue weighted by molar-refractivity contribution is 5.26. The molecule has 25 heavy (non-hydrogen) atoms. The van der Waals surface area contributed by atoms with E-state index in [4.69, 9.17) is 0 Å². The van der Waals surface area contributed by atoms with Crippen LogP contribution in [-0.2, 0) is 0 Å². The fraction of sp³-hybridized carbons (Fsp3) is 0.909. The van der Waals surface area contributed by atoms with Crippen molar-refractivity contribution in [2.45, 2.75) is 90.4 Å². The zero-order chi connectivity index (χ0) is 18.2. The number of rotatable bonds is 1. The Morgan fingerprint density at radius 1 is 1.08 bits per heavy atom. The van der Waals surface area contributed by atoms with Gasteiger partial charge in [0.05, 0.1) is 17.8 Å². The molecule has 0 aromatic carbocycles. The fourth-order valence-corrected chi connectivity index (χ4v) is 7.93. The molecule has 0 aromatic rings. The van der Waals surface area contributed by atoms with E-state index in [1.54, 1.807) is 0 Å². The van der Waals surface area contributed by atoms with Crippen LogP contribution in [0.15, 0.2) is 11.6 Å². The average Bonchev–Trinajstić information content (AvgIpc) is 2.78. The molecule has 3 fully saturated rings. The van der Waals surface area contributed by atoms with Crippen LogP contribution >= 0.6 is 0 Å². The van der Waals surface area contributed by atoms with E-state index in [0.29, 0.717) is 17.8 Å². The van der Waals surface area contributed by atoms with E-state index in [1.807, 2.05) is 13.8 Å². The SMILES string of the molecule is CC(C)(O)C1C(O)CC2C3CC=C4CC(O)CCC4(C)C3CCC21C. The second-order valence-corrected chi connectivity index (χ2v) is 10.6. The molecule has 3 N–H and O–H groups in total. The van der Waals surface area contributed by atoms with Gasteiger partial charge in [-0.05, 0) is 87.4 Å². The molecular weight excluding hydrogens is 312 g/mol. The summed E-state index contributed by atoms with van der Waals surface area (Å²) in [4.78, 5) is 0. The predicted octanol–water partition coefficient (Wildman–Crippen LogP) is 3.67. The molecule has 0 bridgehead atoms. The maximum Gasteiger partial charge on any atom is 0.0649 e. The highest BCUT2D eigenvalue weighted by atomic mass is 16.3. The molecular formula is C22H36O3. The van der Waals surface area contributed by atoms with E-state index in [-0.39, 0.29) is 29.0 Å². The van der Waals surface area contributed by atoms with Crippen LogP contribution in [0.2, 0.25) is 0 Å². The first kappa shape index (κ1) is 18.0. The van der Waals surface area contributed by atoms with Gasteiger partial charge in [0.15, 0.2) is 0 Å². The summed E-state index contributed by atoms with van der Waals surface area (Å²) in [5, 5.41) is 31.7. The standard InChI is InChI=1S/C22H36O3/c1-20(2,25)19-18(24)12-17-15-6-5-13-11-14(23)7-9-21(13,3)16(15)8-10-22(17,19)4/h5,14-19,23-25H,6-12H2,1-4H3. The first-order valence-corrected chi connectivity index (χ1v) is 10.4. The molecule has 3 heteroatoms. The molecule has 0 aliphatic heterocycles. The van der Waals surface area contributed by atoms with Gasteiger partial charge in [0.2, 0.25) is 0 Å². The number of aliphatic hydroxyl groups excluding tert-OH is 2. The van der Waals surface area contributed by atoms with E-state index in [2.05, 4.69) is 19.9 Å². The van der Waals surface area contributed by atoms with Crippen LogP contribution in [0.5, 0.6) is 0 Å². The second-order valence-electron chi connectivity index (χ2n) is 10.6. The van der Waals surface area contributed by atoms with Crippen molar-refractivity contribution in [3.05, 3.63) is 11.6 Å². The quantitative estimate of drug-likeness (QED) is 0.634. The van der Waals surface area contributed by atoms with Crippen molar-refractivity contribution in [2.75, 3.05) is 0 Å². The summed E-state index contributed by atoms with van der Waals surface area (Å²) in [5.74, 6) is 1.76. The molecule has 4 rings (SSSR count). The topological polar surface area (TPSA) is 60.7 Å². The van der Waals surface area contributed by atoms with Crippen molar-refractivity contribution in [1.82, 2.24) is 0 Å². The molecule has 0 spiro atoms. The number of hydrogen-bond acceptors (Lipinski definition) is 3. The predicted molar refractivity (Wildman–Crippen MR) is 98.9 cm³/mol. The van der Waals surface area contributed by atoms with Crippen LogP contribution in [0, 0.1) is 34.5 Å². The lowest BCUT2D eigenvalue weighted by Gasteiger charge is -2.58. The van der Waals surface area contributed by atoms with Gasteiger partial charge in [0.1, 0.15) is 0 Å². The van der Waals surface area contributed by atoms with E-state index in [9.17, 15) is 15.3 Å². The van der Waals surface area contributed by atoms with Crippen molar-refractivity contribution >= 4 is 0 Å². The van der Waals surface area contributed by atoms with Crippen molar-refractivity contribution in [2.24, 2.45) is 34.5 Å². The molecule has 142 valence electrons. The third-order valence-electron chi connectivity index (χ3n) is 8.87. The molecule has 0 amide bonds. The van der Waals surface area contributed by atoms with E-state index in [0.717, 1.165) is 38.5 Å². The Bertz CT molecular complexity index is 576. The lowest BCUT2D eigenvalue weighted by molar-refractivity contribution is -0.111. The summed E-state index contributed by atoms with van der Waals surface area (Å²) in [6.07, 6.45) is 9.00. The fourth-order valence-electron chi connectivity index (χ4n) is 7.93. The molecule has 3 saturated carbocycles. The third kappa shape index (κ3) is 2.49. The van der Waals surface area contributed by atoms with Crippen LogP contribution in [0.1, 0.15) is 72.6 Å². The van der Waals surface area contributed by atoms with Gasteiger partial charge in [-0.3, -0.25) is 0 Å². The van der Waals surface area contributed by atoms with Crippen LogP contribution in [0.25, 0.3) is 0 Å². The normalized spacial score (nSPS) is 52.8. The molecule has 0 aromatic heterocycles. The maximum absolute atomic E-state index is 10.8. The first-order chi connectivity index (χ1) is 11.6. The number of hydrogen-bond donors (Lipinski definition) is 3. The Hall–Kier alpha value is -0.380. The average molecular weight is 349 g/mol. The smallest absolute Gasteiger partial charge is 0.0649 e. The maximum atomic E-state index is 10.8. The van der Waals surface area contributed by atoms with Gasteiger partial charge in [0.25, 0.3) is 0 Å². The minimum Gasteiger partial charge on any atom is -0.393 e. The molecule has 0 heterocycles. The van der Waals surface area contributed by atoms with E-state index in [1.165, 1.54) is 12.0 Å². The van der Waals surface area contributed by atoms with Crippen molar-refractivity contribution in [3.63, 3.8) is 0 Å². The summed E-state index contributed by atoms with van der Waals surface area (Å²) in [6, 6.07) is 0. The third-order valence-corrected chi connectivity index (χ3v) is 8.87. The van der Waals surface area contributed by atoms with E-state index < -0.39 is 5.60 Å². The van der Waals surface area contributed by atoms with Gasteiger partial charge >= 0.3 is 0 Å². The number of aliphatic hydroxyl groups is 3. The number of fused-ring (bicyclic) bond motifs is 5. The number of allylic oxidation sites excluding steroid dienone is 1. The molecule has 4 aliphatic carbocycles. The minimum absolute atomic E-state index is 0.0303. The van der Waals surface area contributed by atoms with Crippen molar-refractivity contribution < 1.29 is 15.3 Å². The Kier molecular flexibility index (Phi) is 4.00. The summed E-state index contributed by atoms with van der Waals surface area (Å²) in [7, 11) is 0. The zero-order valence-corrected chi connectivity index (χ0v) is 16.3. The van der Waals surface area contributed by atoms with Crippen LogP contribution in [-0.4, -0.2) is 33.1 Å². The summed E-state index contributed by atoms with van der Waals surface area (Å²) >= 11 is 0. The summed E-state index contributed by atoms with van der Waals surface area (Å²) in [6.45, 7) is 8.52. The summed E-state index contributed by atoms with van der Waals surface area (Å²) < 4.78 is 0. The highest BCUT2D eigenvalue weighted by Gasteiger charge is 2.63. The highest BCUT2D eigenvalue weighted by Crippen LogP contribution is 2.67. The van der Waals surface area contributed by atoms with Gasteiger partial charge in [-0.15, -0.1) is 0 Å². The Labute approximate surface area is 152 Å². The zero-order valence-electron chi connectivity index (χ0n) is 16.3. The van der Waals surface area contributed by atoms with Gasteiger partial charge < -0.3 is 15.3 Å². The van der Waals surface area contributed by atoms with Crippen LogP contribution in [0.4, 0.5) is 0 Å². The van der Waals surface area contributed by atoms with Gasteiger partial charge in [0, 0.05) is 5.92 Å². The van der Waals surface area contributed by atoms with Crippen LogP contribution < -0.4 is 0 Å². The molecule has 8 atom stereocenters. The van der Waals surface area contributed by atoms with Crippen LogP contribution in [0.3, 0.4) is 0 Å². The Morgan fingerprint density at radius 3 is 2.48 bits per heavy atom. The monoisotopic (exact) mass is 348 g/mol. The van der Waals surface area contributed by atoms with Gasteiger partial charge in [-0.25, -0.2) is 0 Å². The molecule has 8 unspecified atom stereocenters. The lowest BCUT2D eigenvalue weighted by Crippen LogP contribution is -2.53. The first-order valence-electron chi connectivity index (χ1n) is 10.4. The molecule has 4 aliphatic rings. The minimum atomic E-state index is -0.829. The van der Waals surface area contributed by atoms with E-state index >= 15 is 0 Å². The lowest BCUT2D eigenvalue weighted by atomic mass is 9.47. The van der Waals surface area contributed by atoms with Crippen molar-refractivity contribution in [3.8, 4) is 0 Å². The van der Waals surface area contributed by atoms with Gasteiger partial charge in [-0.2, -0.15) is 0 Å². The largest absolute Gasteiger partial charge is 0.393 e. The molecule has 0 saturated heterocycles. The Morgan fingerprint density at radius 2 is 1.80 bits per heavy atom. The molecule has 3 nitrogen and oxygen atoms in total. The second kappa shape index (κ2) is 5.56. The van der Waals surface area contributed by atoms with Crippen molar-refractivity contribution in [1.29, 1.82) is 0 Å². The molecule has 0 radical (unpaired) electrons. The Balaban J connectivity index is 1.68. The van der Waals surface area contributed by atoms with Gasteiger partial charge in [-0.1, -0.05) is 25.5 Å². The summed E-state index contributed by atoms with van der Waals surface area (Å²) in [5.41, 5.74) is 0.939.